The Bertz CT molecular complexity index is 506. The third kappa shape index (κ3) is 2.12. The number of hydrogen-bond donors (Lipinski definition) is 1. The number of fused-ring (bicyclic) bond motifs is 1. The topological polar surface area (TPSA) is 63.3 Å². The van der Waals surface area contributed by atoms with Crippen LogP contribution in [0.5, 0.6) is 0 Å². The van der Waals surface area contributed by atoms with Crippen LogP contribution < -0.4 is 0 Å². The maximum Gasteiger partial charge on any atom is 0.303 e. The molecule has 0 aliphatic rings. The van der Waals surface area contributed by atoms with Gasteiger partial charge < -0.3 is 9.52 Å². The molecule has 4 nitrogen and oxygen atoms in total. The Morgan fingerprint density at radius 2 is 2.33 bits per heavy atom. The van der Waals surface area contributed by atoms with Gasteiger partial charge in [-0.25, -0.2) is 9.37 Å². The molecular weight excluding hydrogens is 201 g/mol. The van der Waals surface area contributed by atoms with Crippen molar-refractivity contribution in [3.8, 4) is 0 Å². The van der Waals surface area contributed by atoms with Crippen LogP contribution in [0, 0.1) is 5.82 Å². The largest absolute Gasteiger partial charge is 0.481 e. The molecule has 0 atom stereocenters. The molecule has 0 saturated heterocycles. The van der Waals surface area contributed by atoms with Crippen molar-refractivity contribution in [2.24, 2.45) is 0 Å². The summed E-state index contributed by atoms with van der Waals surface area (Å²) < 4.78 is 18.0. The number of aromatic nitrogens is 1. The van der Waals surface area contributed by atoms with Crippen LogP contribution in [-0.4, -0.2) is 16.1 Å². The Kier molecular flexibility index (Phi) is 2.37. The van der Waals surface area contributed by atoms with E-state index in [1.165, 1.54) is 18.2 Å². The fourth-order valence-electron chi connectivity index (χ4n) is 1.27. The van der Waals surface area contributed by atoms with Crippen LogP contribution in [0.15, 0.2) is 22.6 Å². The van der Waals surface area contributed by atoms with Crippen molar-refractivity contribution in [2.75, 3.05) is 0 Å². The molecule has 0 radical (unpaired) electrons. The second kappa shape index (κ2) is 3.68. The molecule has 0 aliphatic carbocycles. The Hall–Kier alpha value is -1.91. The van der Waals surface area contributed by atoms with Crippen molar-refractivity contribution in [1.82, 2.24) is 4.98 Å². The van der Waals surface area contributed by atoms with Gasteiger partial charge in [-0.1, -0.05) is 0 Å². The highest BCUT2D eigenvalue weighted by Gasteiger charge is 2.08. The highest BCUT2D eigenvalue weighted by atomic mass is 19.1. The van der Waals surface area contributed by atoms with Gasteiger partial charge in [0.25, 0.3) is 0 Å². The minimum Gasteiger partial charge on any atom is -0.481 e. The summed E-state index contributed by atoms with van der Waals surface area (Å²) in [6.07, 6.45) is 0.168. The molecule has 1 N–H and O–H groups in total. The summed E-state index contributed by atoms with van der Waals surface area (Å²) in [5.41, 5.74) is 0.882. The molecule has 1 heterocycles. The van der Waals surface area contributed by atoms with Crippen molar-refractivity contribution in [1.29, 1.82) is 0 Å². The highest BCUT2D eigenvalue weighted by molar-refractivity contribution is 5.72. The van der Waals surface area contributed by atoms with E-state index in [-0.39, 0.29) is 18.7 Å². The minimum atomic E-state index is -0.913. The standard InChI is InChI=1S/C10H8FNO3/c11-6-1-2-8-7(5-6)12-9(15-8)3-4-10(13)14/h1-2,5H,3-4H2,(H,13,14). The summed E-state index contributed by atoms with van der Waals surface area (Å²) >= 11 is 0. The maximum atomic E-state index is 12.8. The summed E-state index contributed by atoms with van der Waals surface area (Å²) in [7, 11) is 0. The normalized spacial score (nSPS) is 10.7. The minimum absolute atomic E-state index is 0.0463. The van der Waals surface area contributed by atoms with Gasteiger partial charge in [-0.15, -0.1) is 0 Å². The van der Waals surface area contributed by atoms with Crippen LogP contribution in [0.3, 0.4) is 0 Å². The lowest BCUT2D eigenvalue weighted by Crippen LogP contribution is -1.97. The lowest BCUT2D eigenvalue weighted by Gasteiger charge is -1.88. The Morgan fingerprint density at radius 1 is 1.53 bits per heavy atom. The number of aliphatic carboxylic acids is 1. The predicted octanol–water partition coefficient (Wildman–Crippen LogP) is 1.98. The number of rotatable bonds is 3. The van der Waals surface area contributed by atoms with Gasteiger partial charge in [-0.3, -0.25) is 4.79 Å². The first-order valence-corrected chi connectivity index (χ1v) is 4.42. The van der Waals surface area contributed by atoms with E-state index in [0.717, 1.165) is 0 Å². The van der Waals surface area contributed by atoms with E-state index < -0.39 is 5.97 Å². The first-order chi connectivity index (χ1) is 7.15. The SMILES string of the molecule is O=C(O)CCc1nc2cc(F)ccc2o1. The van der Waals surface area contributed by atoms with Crippen molar-refractivity contribution in [3.05, 3.63) is 29.9 Å². The zero-order chi connectivity index (χ0) is 10.8. The van der Waals surface area contributed by atoms with Gasteiger partial charge in [0.15, 0.2) is 11.5 Å². The number of halogens is 1. The lowest BCUT2D eigenvalue weighted by molar-refractivity contribution is -0.137. The molecule has 5 heteroatoms. The Balaban J connectivity index is 2.27. The summed E-state index contributed by atoms with van der Waals surface area (Å²) in [4.78, 5) is 14.3. The Morgan fingerprint density at radius 3 is 3.07 bits per heavy atom. The van der Waals surface area contributed by atoms with Crippen LogP contribution in [-0.2, 0) is 11.2 Å². The van der Waals surface area contributed by atoms with Gasteiger partial charge in [0.2, 0.25) is 0 Å². The average Bonchev–Trinajstić information content (AvgIpc) is 2.56. The van der Waals surface area contributed by atoms with Gasteiger partial charge in [0.1, 0.15) is 11.3 Å². The summed E-state index contributed by atoms with van der Waals surface area (Å²) in [6.45, 7) is 0. The van der Waals surface area contributed by atoms with Crippen LogP contribution in [0.4, 0.5) is 4.39 Å². The first-order valence-electron chi connectivity index (χ1n) is 4.42. The maximum absolute atomic E-state index is 12.8. The van der Waals surface area contributed by atoms with Crippen LogP contribution in [0.25, 0.3) is 11.1 Å². The van der Waals surface area contributed by atoms with E-state index in [0.29, 0.717) is 17.0 Å². The second-order valence-corrected chi connectivity index (χ2v) is 3.11. The summed E-state index contributed by atoms with van der Waals surface area (Å²) in [6, 6.07) is 4.00. The molecule has 0 amide bonds. The molecule has 15 heavy (non-hydrogen) atoms. The number of oxazole rings is 1. The molecule has 78 valence electrons. The van der Waals surface area contributed by atoms with Crippen LogP contribution >= 0.6 is 0 Å². The smallest absolute Gasteiger partial charge is 0.303 e. The van der Waals surface area contributed by atoms with Gasteiger partial charge in [-0.05, 0) is 12.1 Å². The number of carboxylic acid groups (broad SMARTS) is 1. The van der Waals surface area contributed by atoms with E-state index >= 15 is 0 Å². The fraction of sp³-hybridized carbons (Fsp3) is 0.200. The van der Waals surface area contributed by atoms with Gasteiger partial charge >= 0.3 is 5.97 Å². The molecule has 0 fully saturated rings. The molecule has 0 saturated carbocycles. The van der Waals surface area contributed by atoms with E-state index in [4.69, 9.17) is 9.52 Å². The summed E-state index contributed by atoms with van der Waals surface area (Å²) in [5, 5.41) is 8.46. The molecule has 0 aliphatic heterocycles. The van der Waals surface area contributed by atoms with Crippen molar-refractivity contribution >= 4 is 17.1 Å². The van der Waals surface area contributed by atoms with Crippen molar-refractivity contribution in [2.45, 2.75) is 12.8 Å². The zero-order valence-corrected chi connectivity index (χ0v) is 7.74. The molecule has 2 rings (SSSR count). The van der Waals surface area contributed by atoms with Gasteiger partial charge in [0, 0.05) is 12.5 Å². The Labute approximate surface area is 84.3 Å². The number of hydrogen-bond acceptors (Lipinski definition) is 3. The molecule has 0 spiro atoms. The van der Waals surface area contributed by atoms with E-state index in [2.05, 4.69) is 4.98 Å². The number of nitrogens with zero attached hydrogens (tertiary/aromatic N) is 1. The zero-order valence-electron chi connectivity index (χ0n) is 7.74. The highest BCUT2D eigenvalue weighted by Crippen LogP contribution is 2.17. The molecule has 1 aromatic carbocycles. The van der Waals surface area contributed by atoms with E-state index in [9.17, 15) is 9.18 Å². The van der Waals surface area contributed by atoms with Gasteiger partial charge in [0.05, 0.1) is 6.42 Å². The first kappa shape index (κ1) is 9.64. The number of benzene rings is 1. The van der Waals surface area contributed by atoms with Crippen LogP contribution in [0.1, 0.15) is 12.3 Å². The molecule has 1 aromatic heterocycles. The van der Waals surface area contributed by atoms with Crippen molar-refractivity contribution in [3.63, 3.8) is 0 Å². The number of carboxylic acids is 1. The quantitative estimate of drug-likeness (QED) is 0.839. The second-order valence-electron chi connectivity index (χ2n) is 3.11. The van der Waals surface area contributed by atoms with Crippen molar-refractivity contribution < 1.29 is 18.7 Å². The molecule has 0 bridgehead atoms. The average molecular weight is 209 g/mol. The molecule has 2 aromatic rings. The van der Waals surface area contributed by atoms with E-state index in [1.54, 1.807) is 0 Å². The number of aryl methyl sites for hydroxylation is 1. The summed E-state index contributed by atoms with van der Waals surface area (Å²) in [5.74, 6) is -0.984. The molecule has 0 unspecified atom stereocenters. The number of carbonyl (C=O) groups is 1. The van der Waals surface area contributed by atoms with Gasteiger partial charge in [-0.2, -0.15) is 0 Å². The van der Waals surface area contributed by atoms with Crippen LogP contribution in [0.2, 0.25) is 0 Å². The lowest BCUT2D eigenvalue weighted by atomic mass is 10.3. The monoisotopic (exact) mass is 209 g/mol. The third-order valence-corrected chi connectivity index (χ3v) is 1.95. The van der Waals surface area contributed by atoms with E-state index in [1.807, 2.05) is 0 Å². The molecular formula is C10H8FNO3. The fourth-order valence-corrected chi connectivity index (χ4v) is 1.27. The third-order valence-electron chi connectivity index (χ3n) is 1.95. The predicted molar refractivity (Wildman–Crippen MR) is 49.9 cm³/mol.